The van der Waals surface area contributed by atoms with E-state index in [2.05, 4.69) is 0 Å². The second-order valence-electron chi connectivity index (χ2n) is 5.40. The molecular weight excluding hydrogens is 266 g/mol. The highest BCUT2D eigenvalue weighted by molar-refractivity contribution is 7.89. The highest BCUT2D eigenvalue weighted by Gasteiger charge is 2.61. The van der Waals surface area contributed by atoms with Gasteiger partial charge in [0.2, 0.25) is 10.0 Å². The molecule has 19 heavy (non-hydrogen) atoms. The average molecular weight is 281 g/mol. The van der Waals surface area contributed by atoms with E-state index in [-0.39, 0.29) is 29.9 Å². The maximum atomic E-state index is 12.5. The summed E-state index contributed by atoms with van der Waals surface area (Å²) in [6.07, 6.45) is 0. The average Bonchev–Trinajstić information content (AvgIpc) is 2.62. The largest absolute Gasteiger partial charge is 0.457 e. The molecule has 102 valence electrons. The molecule has 1 aromatic rings. The Morgan fingerprint density at radius 1 is 1.32 bits per heavy atom. The van der Waals surface area contributed by atoms with Crippen LogP contribution < -0.4 is 0 Å². The van der Waals surface area contributed by atoms with Gasteiger partial charge in [0.25, 0.3) is 0 Å². The zero-order valence-electron chi connectivity index (χ0n) is 10.8. The summed E-state index contributed by atoms with van der Waals surface area (Å²) < 4.78 is 31.4. The molecular formula is C13H15NO4S. The van der Waals surface area contributed by atoms with Gasteiger partial charge in [0.15, 0.2) is 0 Å². The van der Waals surface area contributed by atoms with Crippen LogP contribution in [0.25, 0.3) is 0 Å². The monoisotopic (exact) mass is 281 g/mol. The lowest BCUT2D eigenvalue weighted by Crippen LogP contribution is -2.54. The van der Waals surface area contributed by atoms with Crippen LogP contribution in [0.2, 0.25) is 0 Å². The maximum absolute atomic E-state index is 12.5. The number of hydrogen-bond donors (Lipinski definition) is 0. The van der Waals surface area contributed by atoms with Crippen molar-refractivity contribution in [2.75, 3.05) is 13.1 Å². The van der Waals surface area contributed by atoms with E-state index in [1.54, 1.807) is 31.2 Å². The topological polar surface area (TPSA) is 63.7 Å². The first kappa shape index (κ1) is 12.6. The van der Waals surface area contributed by atoms with Crippen LogP contribution >= 0.6 is 0 Å². The standard InChI is InChI=1S/C13H15NO4S/c1-9-3-5-10(6-4-9)19(16,17)14-7-11-12(15)18-13(11,2)8-14/h3-6,11H,7-8H2,1-2H3/t11-,13-/m1/s1. The summed E-state index contributed by atoms with van der Waals surface area (Å²) in [5.41, 5.74) is 0.361. The minimum atomic E-state index is -3.54. The molecule has 0 aliphatic carbocycles. The van der Waals surface area contributed by atoms with Crippen molar-refractivity contribution in [3.63, 3.8) is 0 Å². The zero-order valence-corrected chi connectivity index (χ0v) is 11.6. The van der Waals surface area contributed by atoms with Gasteiger partial charge in [-0.05, 0) is 26.0 Å². The summed E-state index contributed by atoms with van der Waals surface area (Å²) >= 11 is 0. The number of carbonyl (C=O) groups excluding carboxylic acids is 1. The van der Waals surface area contributed by atoms with Gasteiger partial charge in [0.1, 0.15) is 11.5 Å². The predicted octanol–water partition coefficient (Wildman–Crippen LogP) is 0.931. The van der Waals surface area contributed by atoms with Crippen molar-refractivity contribution in [2.24, 2.45) is 5.92 Å². The van der Waals surface area contributed by atoms with Gasteiger partial charge in [-0.1, -0.05) is 17.7 Å². The third kappa shape index (κ3) is 1.78. The summed E-state index contributed by atoms with van der Waals surface area (Å²) in [5.74, 6) is -0.628. The summed E-state index contributed by atoms with van der Waals surface area (Å²) in [5, 5.41) is 0. The molecule has 2 fully saturated rings. The van der Waals surface area contributed by atoms with Crippen molar-refractivity contribution in [1.29, 1.82) is 0 Å². The molecule has 2 aliphatic rings. The third-order valence-corrected chi connectivity index (χ3v) is 5.72. The molecule has 2 heterocycles. The summed E-state index contributed by atoms with van der Waals surface area (Å²) in [6, 6.07) is 6.72. The van der Waals surface area contributed by atoms with Gasteiger partial charge in [-0.25, -0.2) is 8.42 Å². The van der Waals surface area contributed by atoms with E-state index in [9.17, 15) is 13.2 Å². The fourth-order valence-corrected chi connectivity index (χ4v) is 4.18. The predicted molar refractivity (Wildman–Crippen MR) is 67.9 cm³/mol. The number of fused-ring (bicyclic) bond motifs is 1. The van der Waals surface area contributed by atoms with E-state index >= 15 is 0 Å². The fraction of sp³-hybridized carbons (Fsp3) is 0.462. The van der Waals surface area contributed by atoms with Crippen LogP contribution in [0.5, 0.6) is 0 Å². The van der Waals surface area contributed by atoms with E-state index in [0.717, 1.165) is 5.56 Å². The Labute approximate surface area is 112 Å². The summed E-state index contributed by atoms with van der Waals surface area (Å²) in [7, 11) is -3.54. The SMILES string of the molecule is Cc1ccc(S(=O)(=O)N2C[C@@H]3C(=O)O[C@]3(C)C2)cc1. The van der Waals surface area contributed by atoms with Crippen molar-refractivity contribution in [3.05, 3.63) is 29.8 Å². The first-order chi connectivity index (χ1) is 8.83. The molecule has 5 nitrogen and oxygen atoms in total. The minimum Gasteiger partial charge on any atom is -0.457 e. The van der Waals surface area contributed by atoms with Crippen molar-refractivity contribution in [1.82, 2.24) is 4.31 Å². The van der Waals surface area contributed by atoms with E-state index < -0.39 is 15.6 Å². The molecule has 0 bridgehead atoms. The second-order valence-corrected chi connectivity index (χ2v) is 7.33. The van der Waals surface area contributed by atoms with Crippen molar-refractivity contribution >= 4 is 16.0 Å². The number of esters is 1. The number of rotatable bonds is 2. The number of benzene rings is 1. The summed E-state index contributed by atoms with van der Waals surface area (Å²) in [6.45, 7) is 4.13. The van der Waals surface area contributed by atoms with E-state index in [1.165, 1.54) is 4.31 Å². The molecule has 0 aromatic heterocycles. The molecule has 2 aliphatic heterocycles. The number of hydrogen-bond acceptors (Lipinski definition) is 4. The Bertz CT molecular complexity index is 637. The van der Waals surface area contributed by atoms with Gasteiger partial charge in [0.05, 0.1) is 11.4 Å². The first-order valence-corrected chi connectivity index (χ1v) is 7.57. The van der Waals surface area contributed by atoms with E-state index in [1.807, 2.05) is 6.92 Å². The zero-order chi connectivity index (χ0) is 13.8. The van der Waals surface area contributed by atoms with Gasteiger partial charge in [0, 0.05) is 6.54 Å². The Morgan fingerprint density at radius 2 is 1.95 bits per heavy atom. The highest BCUT2D eigenvalue weighted by Crippen LogP contribution is 2.42. The molecule has 6 heteroatoms. The maximum Gasteiger partial charge on any atom is 0.315 e. The Kier molecular flexibility index (Phi) is 2.53. The molecule has 3 rings (SSSR count). The first-order valence-electron chi connectivity index (χ1n) is 6.13. The van der Waals surface area contributed by atoms with Gasteiger partial charge >= 0.3 is 5.97 Å². The van der Waals surface area contributed by atoms with Crippen LogP contribution in [-0.4, -0.2) is 37.4 Å². The molecule has 0 saturated carbocycles. The fourth-order valence-electron chi connectivity index (χ4n) is 2.63. The molecule has 0 radical (unpaired) electrons. The highest BCUT2D eigenvalue weighted by atomic mass is 32.2. The molecule has 0 amide bonds. The van der Waals surface area contributed by atoms with Crippen LogP contribution in [0.3, 0.4) is 0 Å². The molecule has 2 saturated heterocycles. The molecule has 1 aromatic carbocycles. The number of carbonyl (C=O) groups is 1. The van der Waals surface area contributed by atoms with E-state index in [0.29, 0.717) is 0 Å². The number of nitrogens with zero attached hydrogens (tertiary/aromatic N) is 1. The minimum absolute atomic E-state index is 0.214. The van der Waals surface area contributed by atoms with Crippen molar-refractivity contribution in [3.8, 4) is 0 Å². The number of aryl methyl sites for hydroxylation is 1. The lowest BCUT2D eigenvalue weighted by atomic mass is 9.87. The van der Waals surface area contributed by atoms with Crippen LogP contribution in [0.15, 0.2) is 29.2 Å². The quantitative estimate of drug-likeness (QED) is 0.757. The van der Waals surface area contributed by atoms with Gasteiger partial charge in [-0.3, -0.25) is 4.79 Å². The van der Waals surface area contributed by atoms with Crippen molar-refractivity contribution in [2.45, 2.75) is 24.3 Å². The molecule has 2 atom stereocenters. The van der Waals surface area contributed by atoms with Crippen LogP contribution in [-0.2, 0) is 19.6 Å². The Morgan fingerprint density at radius 3 is 2.47 bits per heavy atom. The Hall–Kier alpha value is -1.40. The number of ether oxygens (including phenoxy) is 1. The lowest BCUT2D eigenvalue weighted by molar-refractivity contribution is -0.198. The lowest BCUT2D eigenvalue weighted by Gasteiger charge is -2.38. The van der Waals surface area contributed by atoms with E-state index in [4.69, 9.17) is 4.74 Å². The van der Waals surface area contributed by atoms with Gasteiger partial charge in [-0.2, -0.15) is 4.31 Å². The van der Waals surface area contributed by atoms with Crippen molar-refractivity contribution < 1.29 is 17.9 Å². The normalized spacial score (nSPS) is 30.6. The van der Waals surface area contributed by atoms with Crippen LogP contribution in [0.4, 0.5) is 0 Å². The number of sulfonamides is 1. The second kappa shape index (κ2) is 3.80. The Balaban J connectivity index is 1.90. The van der Waals surface area contributed by atoms with Crippen LogP contribution in [0.1, 0.15) is 12.5 Å². The van der Waals surface area contributed by atoms with Gasteiger partial charge < -0.3 is 4.74 Å². The molecule has 0 spiro atoms. The smallest absolute Gasteiger partial charge is 0.315 e. The van der Waals surface area contributed by atoms with Crippen LogP contribution in [0, 0.1) is 12.8 Å². The third-order valence-electron chi connectivity index (χ3n) is 3.89. The summed E-state index contributed by atoms with van der Waals surface area (Å²) in [4.78, 5) is 11.6. The van der Waals surface area contributed by atoms with Gasteiger partial charge in [-0.15, -0.1) is 0 Å². The molecule has 0 N–H and O–H groups in total. The molecule has 0 unspecified atom stereocenters.